The SMILES string of the molecule is CCCC[C@H]1C(=O)N(C)[C@@H](CCCC)C(=O)N[C@@H](CN)C(=O)N[C@H](C(=O)NCC(N)=O)CSCC(=O)N[C@@H](Cc2ccc(O)cc2)C(=O)N(C)[C@@H](C)C(=O)N[C@@H](CC(N)=O)C(=O)N2CCC[C@H]2C(=O)N[C@@H](Cc2c[nH]cn2)C(=O)N[C@@H](CCC(N)=O)C(=O)N2C[C@H](O)C[C@H]2C(=O)N[C@@H](Cc2c[nH]c3ccccc23)C(=O)N[C@@H](CCN)C(=O)N[C@@H](Cc2cn(CC(=O)O)c3ccccc23)C(=O)N1C. The number of aromatic hydroxyl groups is 1. The van der Waals surface area contributed by atoms with E-state index >= 15 is 33.6 Å². The van der Waals surface area contributed by atoms with E-state index in [1.807, 2.05) is 6.92 Å². The summed E-state index contributed by atoms with van der Waals surface area (Å²) in [4.78, 5) is 290. The van der Waals surface area contributed by atoms with Crippen molar-refractivity contribution in [1.82, 2.24) is 97.2 Å². The number of amides is 18. The monoisotopic (exact) mass is 1920 g/mol. The van der Waals surface area contributed by atoms with Gasteiger partial charge in [0.05, 0.1) is 36.8 Å². The molecule has 742 valence electrons. The maximum Gasteiger partial charge on any atom is 0.323 e. The lowest BCUT2D eigenvalue weighted by molar-refractivity contribution is -0.149. The Labute approximate surface area is 792 Å². The number of aromatic amines is 2. The molecule has 46 nitrogen and oxygen atoms in total. The first-order valence-electron chi connectivity index (χ1n) is 45.3. The summed E-state index contributed by atoms with van der Waals surface area (Å²) >= 11 is 0.737. The van der Waals surface area contributed by atoms with Gasteiger partial charge in [-0.15, -0.1) is 11.8 Å². The maximum absolute atomic E-state index is 15.9. The summed E-state index contributed by atoms with van der Waals surface area (Å²) in [6, 6.07) is -3.68. The fraction of sp³-hybridized carbons (Fsp3) is 0.511. The Hall–Kier alpha value is -14.1. The fourth-order valence-electron chi connectivity index (χ4n) is 16.8. The second-order valence-corrected chi connectivity index (χ2v) is 35.3. The van der Waals surface area contributed by atoms with Gasteiger partial charge < -0.3 is 136 Å². The number of phenolic OH excluding ortho intramolecular Hbond substituents is 1. The van der Waals surface area contributed by atoms with E-state index in [2.05, 4.69) is 68.1 Å². The van der Waals surface area contributed by atoms with Crippen LogP contribution >= 0.6 is 11.8 Å². The normalized spacial score (nSPS) is 24.5. The zero-order chi connectivity index (χ0) is 100. The number of H-pyrrole nitrogens is 2. The molecule has 0 saturated carbocycles. The number of para-hydroxylation sites is 2. The first-order valence-corrected chi connectivity index (χ1v) is 46.4. The lowest BCUT2D eigenvalue weighted by Gasteiger charge is -2.36. The van der Waals surface area contributed by atoms with E-state index in [0.29, 0.717) is 57.8 Å². The average Bonchev–Trinajstić information content (AvgIpc) is 1.63. The zero-order valence-corrected chi connectivity index (χ0v) is 77.9. The molecule has 0 bridgehead atoms. The van der Waals surface area contributed by atoms with Crippen LogP contribution in [0.4, 0.5) is 0 Å². The number of imidazole rings is 1. The molecule has 3 aliphatic heterocycles. The lowest BCUT2D eigenvalue weighted by Crippen LogP contribution is -2.62. The molecular formula is C90H124N24O22S. The number of aliphatic hydroxyl groups is 1. The fourth-order valence-corrected chi connectivity index (χ4v) is 17.6. The second kappa shape index (κ2) is 50.5. The molecule has 0 aliphatic carbocycles. The van der Waals surface area contributed by atoms with Crippen LogP contribution in [0.3, 0.4) is 0 Å². The number of nitrogens with one attached hydrogen (secondary N) is 12. The van der Waals surface area contributed by atoms with Gasteiger partial charge in [-0.1, -0.05) is 88.1 Å². The van der Waals surface area contributed by atoms with E-state index in [1.54, 1.807) is 61.7 Å². The molecule has 137 heavy (non-hydrogen) atoms. The van der Waals surface area contributed by atoms with Crippen molar-refractivity contribution >= 4 is 146 Å². The average molecular weight is 1930 g/mol. The summed E-state index contributed by atoms with van der Waals surface area (Å²) in [5, 5.41) is 58.8. The molecule has 3 fully saturated rings. The number of rotatable bonds is 27. The molecule has 3 saturated heterocycles. The number of aliphatic carboxylic acids is 1. The van der Waals surface area contributed by atoms with Crippen LogP contribution in [-0.4, -0.2) is 328 Å². The highest BCUT2D eigenvalue weighted by atomic mass is 32.2. The van der Waals surface area contributed by atoms with Crippen molar-refractivity contribution in [3.05, 3.63) is 120 Å². The van der Waals surface area contributed by atoms with Gasteiger partial charge in [0.2, 0.25) is 106 Å². The third kappa shape index (κ3) is 29.2. The number of hydrogen-bond donors (Lipinski definition) is 20. The summed E-state index contributed by atoms with van der Waals surface area (Å²) in [6.07, 6.45) is 1.44. The van der Waals surface area contributed by atoms with Crippen molar-refractivity contribution in [2.45, 2.75) is 227 Å². The number of primary amides is 3. The molecule has 0 unspecified atom stereocenters. The number of likely N-dealkylation sites (N-methyl/N-ethyl adjacent to an activating group) is 3. The summed E-state index contributed by atoms with van der Waals surface area (Å²) in [5.41, 5.74) is 31.6. The quantitative estimate of drug-likeness (QED) is 0.0229. The molecule has 0 spiro atoms. The van der Waals surface area contributed by atoms with Gasteiger partial charge in [0.1, 0.15) is 96.9 Å². The van der Waals surface area contributed by atoms with Crippen molar-refractivity contribution in [1.29, 1.82) is 0 Å². The third-order valence-corrected chi connectivity index (χ3v) is 25.3. The number of nitrogens with two attached hydrogens (primary N) is 5. The molecule has 18 amide bonds. The van der Waals surface area contributed by atoms with Crippen LogP contribution in [0, 0.1) is 0 Å². The number of aromatic nitrogens is 4. The molecule has 47 heteroatoms. The van der Waals surface area contributed by atoms with Crippen LogP contribution in [-0.2, 0) is 123 Å². The number of carbonyl (C=O) groups is 19. The number of thioether (sulfide) groups is 1. The number of carboxylic acids is 1. The predicted octanol–water partition coefficient (Wildman–Crippen LogP) is -5.10. The number of fused-ring (bicyclic) bond motifs is 4. The molecule has 0 radical (unpaired) electrons. The van der Waals surface area contributed by atoms with Gasteiger partial charge in [0.25, 0.3) is 0 Å². The second-order valence-electron chi connectivity index (χ2n) is 34.3. The Morgan fingerprint density at radius 1 is 0.547 bits per heavy atom. The molecule has 15 atom stereocenters. The minimum atomic E-state index is -1.82. The van der Waals surface area contributed by atoms with Gasteiger partial charge in [0.15, 0.2) is 0 Å². The third-order valence-electron chi connectivity index (χ3n) is 24.3. The summed E-state index contributed by atoms with van der Waals surface area (Å²) in [5.74, 6) is -20.3. The van der Waals surface area contributed by atoms with E-state index < -0.39 is 279 Å². The van der Waals surface area contributed by atoms with Crippen molar-refractivity contribution in [2.24, 2.45) is 28.7 Å². The van der Waals surface area contributed by atoms with Crippen molar-refractivity contribution in [2.75, 3.05) is 65.4 Å². The first-order chi connectivity index (χ1) is 65.2. The number of carboxylic acid groups (broad SMARTS) is 1. The molecular weight excluding hydrogens is 1800 g/mol. The smallest absolute Gasteiger partial charge is 0.323 e. The molecule has 3 aliphatic rings. The molecule has 3 aromatic heterocycles. The van der Waals surface area contributed by atoms with Crippen LogP contribution in [0.1, 0.15) is 127 Å². The van der Waals surface area contributed by atoms with E-state index in [4.69, 9.17) is 28.7 Å². The number of hydrogen-bond acceptors (Lipinski definition) is 25. The van der Waals surface area contributed by atoms with E-state index in [1.165, 1.54) is 75.6 Å². The zero-order valence-electron chi connectivity index (χ0n) is 77.1. The van der Waals surface area contributed by atoms with Crippen molar-refractivity contribution in [3.8, 4) is 5.75 Å². The van der Waals surface area contributed by atoms with Gasteiger partial charge in [-0.25, -0.2) is 4.98 Å². The molecule has 6 aromatic rings. The van der Waals surface area contributed by atoms with E-state index in [-0.39, 0.29) is 75.9 Å². The minimum absolute atomic E-state index is 0.0502. The Morgan fingerprint density at radius 2 is 1.12 bits per heavy atom. The largest absolute Gasteiger partial charge is 0.508 e. The van der Waals surface area contributed by atoms with Crippen LogP contribution in [0.5, 0.6) is 5.75 Å². The Kier molecular flexibility index (Phi) is 39.3. The van der Waals surface area contributed by atoms with Gasteiger partial charge in [0, 0.05) is 125 Å². The van der Waals surface area contributed by atoms with Gasteiger partial charge in [-0.05, 0) is 92.9 Å². The van der Waals surface area contributed by atoms with Crippen LogP contribution in [0.25, 0.3) is 21.8 Å². The Bertz CT molecular complexity index is 5360. The van der Waals surface area contributed by atoms with E-state index in [9.17, 15) is 72.9 Å². The minimum Gasteiger partial charge on any atom is -0.508 e. The molecule has 3 aromatic carbocycles. The number of unbranched alkanes of at least 4 members (excludes halogenated alkanes) is 2. The standard InChI is InChI=1S/C90H124N24O22S/c1-7-9-19-68-83(129)107-65(38-92)82(128)108-66(78(124)98-41-74(95)119)45-137-46-75(120)100-62(32-49-23-25-53(115)26-24-49)86(132)109(4)48(3)77(123)105-64(37-73(94)118)89(135)113-31-15-22-69(113)84(130)104-61(35-52-40-96-47-99-52)81(127)102-59(27-28-72(93)117)88(134)114-43-54(116)36-71(114)85(131)103-60(33-50-39-97-57-18-13-11-16-55(50)57)80(126)101-58(29-30-91)79(125)106-63(87(133)111(6)70(20-10-8-2)90(136)110(68)5)34-51-42-112(44-76(121)122)67-21-14-12-17-56(51)67/h11-14,16-18,21,23-26,39-40,42,47-48,54,58-66,68-71,97,115-116H,7-10,15,19-20,22,27-38,41,43-46,91-92H2,1-6H3,(H2,93,117)(H2,94,118)(H2,95,119)(H,96,99)(H,98,124)(H,100,120)(H,101,126)(H,102,127)(H,103,131)(H,104,130)(H,105,123)(H,106,125)(H,107,129)(H,108,128)(H,121,122)/t48-,54+,58-,59-,60-,61-,62-,63-,64-,65-,66-,68-,69-,70-,71-/m0/s1. The predicted molar refractivity (Wildman–Crippen MR) is 497 cm³/mol. The van der Waals surface area contributed by atoms with Crippen molar-refractivity contribution < 1.29 is 106 Å². The topological polar surface area (TPSA) is 701 Å². The molecule has 9 rings (SSSR count). The highest BCUT2D eigenvalue weighted by Crippen LogP contribution is 2.29. The van der Waals surface area contributed by atoms with Crippen LogP contribution in [0.2, 0.25) is 0 Å². The number of nitrogens with zero attached hydrogens (tertiary/aromatic N) is 7. The van der Waals surface area contributed by atoms with Crippen molar-refractivity contribution in [3.63, 3.8) is 0 Å². The highest BCUT2D eigenvalue weighted by molar-refractivity contribution is 8.00. The maximum atomic E-state index is 15.9. The van der Waals surface area contributed by atoms with Gasteiger partial charge in [-0.2, -0.15) is 0 Å². The number of aliphatic hydroxyl groups excluding tert-OH is 1. The lowest BCUT2D eigenvalue weighted by atomic mass is 9.99. The number of phenols is 1. The van der Waals surface area contributed by atoms with Gasteiger partial charge in [-0.3, -0.25) is 91.1 Å². The Morgan fingerprint density at radius 3 is 1.77 bits per heavy atom. The summed E-state index contributed by atoms with van der Waals surface area (Å²) < 4.78 is 1.42. The van der Waals surface area contributed by atoms with Crippen LogP contribution < -0.4 is 81.8 Å². The number of carbonyl (C=O) groups excluding carboxylic acids is 18. The first kappa shape index (κ1) is 107. The summed E-state index contributed by atoms with van der Waals surface area (Å²) in [7, 11) is 3.80. The van der Waals surface area contributed by atoms with Gasteiger partial charge >= 0.3 is 5.97 Å². The highest BCUT2D eigenvalue weighted by Gasteiger charge is 2.47. The number of benzene rings is 3. The van der Waals surface area contributed by atoms with Crippen LogP contribution in [0.15, 0.2) is 97.7 Å². The Balaban J connectivity index is 1.11. The summed E-state index contributed by atoms with van der Waals surface area (Å²) in [6.45, 7) is 1.90. The van der Waals surface area contributed by atoms with E-state index in [0.717, 1.165) is 36.3 Å². The molecule has 25 N–H and O–H groups in total. The molecule has 6 heterocycles.